The van der Waals surface area contributed by atoms with Crippen LogP contribution in [0.25, 0.3) is 0 Å². The predicted octanol–water partition coefficient (Wildman–Crippen LogP) is 2.88. The van der Waals surface area contributed by atoms with Gasteiger partial charge in [-0.3, -0.25) is 0 Å². The van der Waals surface area contributed by atoms with Gasteiger partial charge in [-0.05, 0) is 43.4 Å². The maximum atomic E-state index is 5.45. The van der Waals surface area contributed by atoms with Crippen LogP contribution in [0.4, 0.5) is 0 Å². The highest BCUT2D eigenvalue weighted by molar-refractivity contribution is 5.26. The summed E-state index contributed by atoms with van der Waals surface area (Å²) in [5.41, 5.74) is 2.92. The molecule has 2 aliphatic heterocycles. The molecule has 98 valence electrons. The van der Waals surface area contributed by atoms with Gasteiger partial charge in [-0.2, -0.15) is 0 Å². The summed E-state index contributed by atoms with van der Waals surface area (Å²) in [6.45, 7) is 3.03. The molecule has 2 unspecified atom stereocenters. The SMILES string of the molecule is c1cc(C2CCOC2)ccc1CC1CCCCN1. The van der Waals surface area contributed by atoms with Gasteiger partial charge in [0, 0.05) is 18.6 Å². The Morgan fingerprint density at radius 2 is 2.00 bits per heavy atom. The molecule has 2 heteroatoms. The topological polar surface area (TPSA) is 21.3 Å². The summed E-state index contributed by atoms with van der Waals surface area (Å²) in [5, 5.41) is 3.62. The molecule has 2 heterocycles. The van der Waals surface area contributed by atoms with E-state index in [0.717, 1.165) is 13.2 Å². The van der Waals surface area contributed by atoms with Crippen molar-refractivity contribution < 1.29 is 4.74 Å². The Hall–Kier alpha value is -0.860. The summed E-state index contributed by atoms with van der Waals surface area (Å²) in [7, 11) is 0. The van der Waals surface area contributed by atoms with E-state index in [1.807, 2.05) is 0 Å². The van der Waals surface area contributed by atoms with Gasteiger partial charge in [0.1, 0.15) is 0 Å². The average Bonchev–Trinajstić information content (AvgIpc) is 2.95. The molecular formula is C16H23NO. The molecule has 2 saturated heterocycles. The van der Waals surface area contributed by atoms with Crippen LogP contribution in [0.5, 0.6) is 0 Å². The minimum atomic E-state index is 0.631. The Morgan fingerprint density at radius 1 is 1.11 bits per heavy atom. The van der Waals surface area contributed by atoms with E-state index in [2.05, 4.69) is 29.6 Å². The van der Waals surface area contributed by atoms with Crippen LogP contribution in [0.3, 0.4) is 0 Å². The molecule has 0 spiro atoms. The number of nitrogens with one attached hydrogen (secondary N) is 1. The fraction of sp³-hybridized carbons (Fsp3) is 0.625. The Morgan fingerprint density at radius 3 is 2.67 bits per heavy atom. The second-order valence-corrected chi connectivity index (χ2v) is 5.65. The molecule has 0 radical (unpaired) electrons. The molecule has 18 heavy (non-hydrogen) atoms. The van der Waals surface area contributed by atoms with Crippen LogP contribution in [0.1, 0.15) is 42.7 Å². The third kappa shape index (κ3) is 2.93. The summed E-state index contributed by atoms with van der Waals surface area (Å²) in [6, 6.07) is 9.92. The van der Waals surface area contributed by atoms with Gasteiger partial charge in [0.25, 0.3) is 0 Å². The van der Waals surface area contributed by atoms with E-state index < -0.39 is 0 Å². The normalized spacial score (nSPS) is 28.4. The van der Waals surface area contributed by atoms with Gasteiger partial charge in [-0.1, -0.05) is 30.7 Å². The zero-order chi connectivity index (χ0) is 12.2. The molecule has 2 fully saturated rings. The van der Waals surface area contributed by atoms with E-state index in [1.165, 1.54) is 49.8 Å². The summed E-state index contributed by atoms with van der Waals surface area (Å²) < 4.78 is 5.45. The van der Waals surface area contributed by atoms with Crippen LogP contribution < -0.4 is 5.32 Å². The van der Waals surface area contributed by atoms with E-state index in [1.54, 1.807) is 0 Å². The van der Waals surface area contributed by atoms with Crippen molar-refractivity contribution in [3.05, 3.63) is 35.4 Å². The van der Waals surface area contributed by atoms with E-state index >= 15 is 0 Å². The number of ether oxygens (including phenoxy) is 1. The smallest absolute Gasteiger partial charge is 0.0535 e. The molecule has 0 aliphatic carbocycles. The number of benzene rings is 1. The molecule has 2 nitrogen and oxygen atoms in total. The lowest BCUT2D eigenvalue weighted by Crippen LogP contribution is -2.35. The Balaban J connectivity index is 1.59. The third-order valence-corrected chi connectivity index (χ3v) is 4.28. The lowest BCUT2D eigenvalue weighted by Gasteiger charge is -2.23. The molecule has 0 amide bonds. The van der Waals surface area contributed by atoms with Crippen LogP contribution in [0, 0.1) is 0 Å². The van der Waals surface area contributed by atoms with Crippen molar-refractivity contribution in [1.29, 1.82) is 0 Å². The van der Waals surface area contributed by atoms with Gasteiger partial charge in [0.2, 0.25) is 0 Å². The van der Waals surface area contributed by atoms with Crippen molar-refractivity contribution in [2.45, 2.75) is 44.1 Å². The summed E-state index contributed by atoms with van der Waals surface area (Å²) in [4.78, 5) is 0. The van der Waals surface area contributed by atoms with Crippen LogP contribution >= 0.6 is 0 Å². The van der Waals surface area contributed by atoms with Crippen LogP contribution in [0.15, 0.2) is 24.3 Å². The number of rotatable bonds is 3. The van der Waals surface area contributed by atoms with Gasteiger partial charge in [-0.15, -0.1) is 0 Å². The second-order valence-electron chi connectivity index (χ2n) is 5.65. The number of hydrogen-bond donors (Lipinski definition) is 1. The van der Waals surface area contributed by atoms with Crippen LogP contribution in [0.2, 0.25) is 0 Å². The van der Waals surface area contributed by atoms with Crippen molar-refractivity contribution >= 4 is 0 Å². The lowest BCUT2D eigenvalue weighted by atomic mass is 9.94. The molecule has 2 aliphatic rings. The zero-order valence-corrected chi connectivity index (χ0v) is 11.0. The van der Waals surface area contributed by atoms with Crippen molar-refractivity contribution in [2.75, 3.05) is 19.8 Å². The fourth-order valence-corrected chi connectivity index (χ4v) is 3.11. The summed E-state index contributed by atoms with van der Waals surface area (Å²) in [6.07, 6.45) is 6.43. The highest BCUT2D eigenvalue weighted by atomic mass is 16.5. The second kappa shape index (κ2) is 5.85. The molecule has 2 atom stereocenters. The maximum Gasteiger partial charge on any atom is 0.0535 e. The minimum Gasteiger partial charge on any atom is -0.381 e. The monoisotopic (exact) mass is 245 g/mol. The minimum absolute atomic E-state index is 0.631. The maximum absolute atomic E-state index is 5.45. The molecule has 0 aromatic heterocycles. The van der Waals surface area contributed by atoms with E-state index in [-0.39, 0.29) is 0 Å². The molecule has 1 aromatic rings. The molecular weight excluding hydrogens is 222 g/mol. The Bertz CT molecular complexity index is 361. The first-order chi connectivity index (χ1) is 8.92. The highest BCUT2D eigenvalue weighted by Gasteiger charge is 2.18. The largest absolute Gasteiger partial charge is 0.381 e. The van der Waals surface area contributed by atoms with Crippen molar-refractivity contribution in [3.8, 4) is 0 Å². The van der Waals surface area contributed by atoms with Crippen molar-refractivity contribution in [2.24, 2.45) is 0 Å². The highest BCUT2D eigenvalue weighted by Crippen LogP contribution is 2.25. The number of hydrogen-bond acceptors (Lipinski definition) is 2. The first kappa shape index (κ1) is 12.2. The average molecular weight is 245 g/mol. The van der Waals surface area contributed by atoms with Gasteiger partial charge in [0.15, 0.2) is 0 Å². The predicted molar refractivity (Wildman–Crippen MR) is 74.0 cm³/mol. The Labute approximate surface area is 110 Å². The molecule has 0 saturated carbocycles. The zero-order valence-electron chi connectivity index (χ0n) is 11.0. The lowest BCUT2D eigenvalue weighted by molar-refractivity contribution is 0.194. The molecule has 3 rings (SSSR count). The number of piperidine rings is 1. The van der Waals surface area contributed by atoms with Gasteiger partial charge in [0.05, 0.1) is 6.61 Å². The van der Waals surface area contributed by atoms with Crippen molar-refractivity contribution in [3.63, 3.8) is 0 Å². The quantitative estimate of drug-likeness (QED) is 0.884. The first-order valence-corrected chi connectivity index (χ1v) is 7.32. The van der Waals surface area contributed by atoms with Crippen LogP contribution in [-0.2, 0) is 11.2 Å². The van der Waals surface area contributed by atoms with Gasteiger partial charge < -0.3 is 10.1 Å². The molecule has 1 N–H and O–H groups in total. The molecule has 0 bridgehead atoms. The van der Waals surface area contributed by atoms with Gasteiger partial charge >= 0.3 is 0 Å². The fourth-order valence-electron chi connectivity index (χ4n) is 3.11. The van der Waals surface area contributed by atoms with E-state index in [0.29, 0.717) is 12.0 Å². The van der Waals surface area contributed by atoms with Crippen LogP contribution in [-0.4, -0.2) is 25.8 Å². The molecule has 1 aromatic carbocycles. The standard InChI is InChI=1S/C16H23NO/c1-2-9-17-16(3-1)11-13-4-6-14(7-5-13)15-8-10-18-12-15/h4-7,15-17H,1-3,8-12H2. The first-order valence-electron chi connectivity index (χ1n) is 7.32. The summed E-state index contributed by atoms with van der Waals surface area (Å²) >= 11 is 0. The van der Waals surface area contributed by atoms with E-state index in [4.69, 9.17) is 4.74 Å². The van der Waals surface area contributed by atoms with Gasteiger partial charge in [-0.25, -0.2) is 0 Å². The third-order valence-electron chi connectivity index (χ3n) is 4.28. The summed E-state index contributed by atoms with van der Waals surface area (Å²) in [5.74, 6) is 0.631. The Kier molecular flexibility index (Phi) is 3.96. The van der Waals surface area contributed by atoms with E-state index in [9.17, 15) is 0 Å². The van der Waals surface area contributed by atoms with Crippen molar-refractivity contribution in [1.82, 2.24) is 5.32 Å².